The maximum absolute atomic E-state index is 2.36. The summed E-state index contributed by atoms with van der Waals surface area (Å²) in [6, 6.07) is 7.00. The molecule has 90 valence electrons. The van der Waals surface area contributed by atoms with E-state index in [0.717, 1.165) is 0 Å². The van der Waals surface area contributed by atoms with Crippen LogP contribution in [0.4, 0.5) is 0 Å². The molecule has 0 saturated heterocycles. The highest BCUT2D eigenvalue weighted by atomic mass is 32.2. The first-order valence-electron chi connectivity index (χ1n) is 5.84. The SMILES string of the molecule is CSc1cc(C(C)(C)C)cc(C(C)(C)C)c1. The highest BCUT2D eigenvalue weighted by molar-refractivity contribution is 7.98. The Hall–Kier alpha value is -0.430. The molecule has 1 rings (SSSR count). The predicted octanol–water partition coefficient (Wildman–Crippen LogP) is 5.00. The van der Waals surface area contributed by atoms with Crippen molar-refractivity contribution in [3.8, 4) is 0 Å². The van der Waals surface area contributed by atoms with Crippen molar-refractivity contribution in [1.82, 2.24) is 0 Å². The van der Waals surface area contributed by atoms with E-state index in [2.05, 4.69) is 66.0 Å². The molecule has 0 amide bonds. The van der Waals surface area contributed by atoms with E-state index < -0.39 is 0 Å². The van der Waals surface area contributed by atoms with Gasteiger partial charge in [0.1, 0.15) is 0 Å². The van der Waals surface area contributed by atoms with E-state index >= 15 is 0 Å². The monoisotopic (exact) mass is 236 g/mol. The van der Waals surface area contributed by atoms with E-state index in [1.54, 1.807) is 0 Å². The first kappa shape index (κ1) is 13.6. The Morgan fingerprint density at radius 2 is 1.12 bits per heavy atom. The number of hydrogen-bond acceptors (Lipinski definition) is 1. The number of thioether (sulfide) groups is 1. The molecule has 0 unspecified atom stereocenters. The predicted molar refractivity (Wildman–Crippen MR) is 75.6 cm³/mol. The van der Waals surface area contributed by atoms with Crippen molar-refractivity contribution in [3.05, 3.63) is 29.3 Å². The van der Waals surface area contributed by atoms with Gasteiger partial charge in [-0.15, -0.1) is 11.8 Å². The van der Waals surface area contributed by atoms with Gasteiger partial charge < -0.3 is 0 Å². The molecular formula is C15H24S. The van der Waals surface area contributed by atoms with Crippen molar-refractivity contribution >= 4 is 11.8 Å². The smallest absolute Gasteiger partial charge is 0.00750 e. The highest BCUT2D eigenvalue weighted by Crippen LogP contribution is 2.32. The summed E-state index contributed by atoms with van der Waals surface area (Å²) in [6.07, 6.45) is 2.15. The lowest BCUT2D eigenvalue weighted by Gasteiger charge is -2.25. The van der Waals surface area contributed by atoms with E-state index in [1.807, 2.05) is 11.8 Å². The summed E-state index contributed by atoms with van der Waals surface area (Å²) in [5.74, 6) is 0. The second-order valence-corrected chi connectivity index (χ2v) is 7.33. The molecule has 0 fully saturated rings. The molecule has 0 aliphatic rings. The molecule has 0 aliphatic heterocycles. The third kappa shape index (κ3) is 3.28. The lowest BCUT2D eigenvalue weighted by Crippen LogP contribution is -2.16. The van der Waals surface area contributed by atoms with Gasteiger partial charge in [-0.3, -0.25) is 0 Å². The Morgan fingerprint density at radius 3 is 1.38 bits per heavy atom. The van der Waals surface area contributed by atoms with Gasteiger partial charge in [-0.25, -0.2) is 0 Å². The van der Waals surface area contributed by atoms with Crippen molar-refractivity contribution < 1.29 is 0 Å². The molecule has 0 aliphatic carbocycles. The van der Waals surface area contributed by atoms with Crippen LogP contribution in [-0.4, -0.2) is 6.26 Å². The van der Waals surface area contributed by atoms with Crippen LogP contribution in [0.25, 0.3) is 0 Å². The highest BCUT2D eigenvalue weighted by Gasteiger charge is 2.20. The van der Waals surface area contributed by atoms with Gasteiger partial charge in [0.2, 0.25) is 0 Å². The number of benzene rings is 1. The van der Waals surface area contributed by atoms with Crippen molar-refractivity contribution in [2.45, 2.75) is 57.3 Å². The number of rotatable bonds is 1. The van der Waals surface area contributed by atoms with Crippen LogP contribution < -0.4 is 0 Å². The van der Waals surface area contributed by atoms with Crippen molar-refractivity contribution in [3.63, 3.8) is 0 Å². The molecule has 0 heterocycles. The van der Waals surface area contributed by atoms with Crippen LogP contribution in [0.3, 0.4) is 0 Å². The van der Waals surface area contributed by atoms with Crippen LogP contribution in [0.1, 0.15) is 52.7 Å². The third-order valence-corrected chi connectivity index (χ3v) is 3.58. The standard InChI is InChI=1S/C15H24S/c1-14(2,3)11-8-12(15(4,5)6)10-13(9-11)16-7/h8-10H,1-7H3. The molecule has 1 aromatic rings. The first-order chi connectivity index (χ1) is 7.14. The normalized spacial score (nSPS) is 12.9. The minimum absolute atomic E-state index is 0.228. The molecule has 16 heavy (non-hydrogen) atoms. The van der Waals surface area contributed by atoms with Gasteiger partial charge in [-0.1, -0.05) is 47.6 Å². The zero-order valence-corrected chi connectivity index (χ0v) is 12.5. The summed E-state index contributed by atoms with van der Waals surface area (Å²) < 4.78 is 0. The molecule has 0 atom stereocenters. The summed E-state index contributed by atoms with van der Waals surface area (Å²) in [7, 11) is 0. The van der Waals surface area contributed by atoms with Gasteiger partial charge in [0, 0.05) is 4.90 Å². The lowest BCUT2D eigenvalue weighted by atomic mass is 9.81. The van der Waals surface area contributed by atoms with Crippen LogP contribution in [0.5, 0.6) is 0 Å². The van der Waals surface area contributed by atoms with Crippen LogP contribution in [0.2, 0.25) is 0 Å². The zero-order chi connectivity index (χ0) is 12.6. The average Bonchev–Trinajstić information content (AvgIpc) is 2.14. The topological polar surface area (TPSA) is 0 Å². The fraction of sp³-hybridized carbons (Fsp3) is 0.600. The quantitative estimate of drug-likeness (QED) is 0.618. The molecule has 0 saturated carbocycles. The molecule has 1 heteroatoms. The lowest BCUT2D eigenvalue weighted by molar-refractivity contribution is 0.566. The van der Waals surface area contributed by atoms with E-state index in [1.165, 1.54) is 16.0 Å². The first-order valence-corrected chi connectivity index (χ1v) is 7.07. The zero-order valence-electron chi connectivity index (χ0n) is 11.6. The molecule has 0 bridgehead atoms. The molecule has 0 aromatic heterocycles. The summed E-state index contributed by atoms with van der Waals surface area (Å²) in [5.41, 5.74) is 3.32. The van der Waals surface area contributed by atoms with Gasteiger partial charge in [-0.05, 0) is 40.3 Å². The van der Waals surface area contributed by atoms with E-state index in [0.29, 0.717) is 0 Å². The second-order valence-electron chi connectivity index (χ2n) is 6.45. The molecular weight excluding hydrogens is 212 g/mol. The largest absolute Gasteiger partial charge is 0.130 e. The van der Waals surface area contributed by atoms with Gasteiger partial charge in [0.15, 0.2) is 0 Å². The Morgan fingerprint density at radius 1 is 0.750 bits per heavy atom. The fourth-order valence-corrected chi connectivity index (χ4v) is 2.07. The fourth-order valence-electron chi connectivity index (χ4n) is 1.58. The second kappa shape index (κ2) is 4.44. The third-order valence-electron chi connectivity index (χ3n) is 2.87. The van der Waals surface area contributed by atoms with Gasteiger partial charge in [-0.2, -0.15) is 0 Å². The van der Waals surface area contributed by atoms with E-state index in [-0.39, 0.29) is 10.8 Å². The maximum atomic E-state index is 2.36. The molecule has 0 N–H and O–H groups in total. The van der Waals surface area contributed by atoms with Crippen molar-refractivity contribution in [2.24, 2.45) is 0 Å². The Kier molecular flexibility index (Phi) is 3.79. The van der Waals surface area contributed by atoms with Gasteiger partial charge in [0.25, 0.3) is 0 Å². The van der Waals surface area contributed by atoms with Gasteiger partial charge in [0.05, 0.1) is 0 Å². The molecule has 0 radical (unpaired) electrons. The van der Waals surface area contributed by atoms with E-state index in [9.17, 15) is 0 Å². The maximum Gasteiger partial charge on any atom is 0.00750 e. The Labute approximate surface area is 105 Å². The summed E-state index contributed by atoms with van der Waals surface area (Å²) in [5, 5.41) is 0. The average molecular weight is 236 g/mol. The molecule has 1 aromatic carbocycles. The summed E-state index contributed by atoms with van der Waals surface area (Å²) >= 11 is 1.83. The van der Waals surface area contributed by atoms with E-state index in [4.69, 9.17) is 0 Å². The van der Waals surface area contributed by atoms with Crippen LogP contribution in [0.15, 0.2) is 23.1 Å². The van der Waals surface area contributed by atoms with Crippen molar-refractivity contribution in [2.75, 3.05) is 6.26 Å². The van der Waals surface area contributed by atoms with Crippen LogP contribution >= 0.6 is 11.8 Å². The summed E-state index contributed by atoms with van der Waals surface area (Å²) in [4.78, 5) is 1.37. The van der Waals surface area contributed by atoms with Crippen LogP contribution in [0, 0.1) is 0 Å². The molecule has 0 nitrogen and oxygen atoms in total. The minimum atomic E-state index is 0.228. The molecule has 0 spiro atoms. The van der Waals surface area contributed by atoms with Gasteiger partial charge >= 0.3 is 0 Å². The van der Waals surface area contributed by atoms with Crippen LogP contribution in [-0.2, 0) is 10.8 Å². The number of hydrogen-bond donors (Lipinski definition) is 0. The summed E-state index contributed by atoms with van der Waals surface area (Å²) in [6.45, 7) is 13.7. The Bertz CT molecular complexity index is 332. The minimum Gasteiger partial charge on any atom is -0.130 e. The Balaban J connectivity index is 3.33. The van der Waals surface area contributed by atoms with Crippen molar-refractivity contribution in [1.29, 1.82) is 0 Å².